The van der Waals surface area contributed by atoms with Crippen molar-refractivity contribution in [3.63, 3.8) is 0 Å². The van der Waals surface area contributed by atoms with Crippen LogP contribution >= 0.6 is 0 Å². The first-order valence-electron chi connectivity index (χ1n) is 7.89. The molecular weight excluding hydrogens is 320 g/mol. The number of aryl methyl sites for hydroxylation is 2. The molecule has 6 nitrogen and oxygen atoms in total. The topological polar surface area (TPSA) is 86.7 Å². The minimum Gasteiger partial charge on any atom is -0.351 e. The number of hydroxylamine groups is 2. The molecule has 2 N–H and O–H groups in total. The summed E-state index contributed by atoms with van der Waals surface area (Å²) in [6.07, 6.45) is 0. The zero-order chi connectivity index (χ0) is 18.1. The summed E-state index contributed by atoms with van der Waals surface area (Å²) in [5.41, 5.74) is 3.28. The van der Waals surface area contributed by atoms with Gasteiger partial charge in [0.1, 0.15) is 5.92 Å². The molecule has 0 bridgehead atoms. The Morgan fingerprint density at radius 2 is 1.72 bits per heavy atom. The van der Waals surface area contributed by atoms with Gasteiger partial charge in [-0.15, -0.1) is 0 Å². The Morgan fingerprint density at radius 1 is 1.08 bits per heavy atom. The van der Waals surface area contributed by atoms with Crippen molar-refractivity contribution in [2.45, 2.75) is 26.3 Å². The minimum atomic E-state index is -1.25. The number of nitrogens with one attached hydrogen (secondary N) is 1. The highest BCUT2D eigenvalue weighted by molar-refractivity contribution is 6.18. The van der Waals surface area contributed by atoms with Crippen LogP contribution in [0, 0.1) is 13.8 Å². The zero-order valence-corrected chi connectivity index (χ0v) is 13.9. The summed E-state index contributed by atoms with van der Waals surface area (Å²) in [4.78, 5) is 36.9. The van der Waals surface area contributed by atoms with E-state index in [9.17, 15) is 19.6 Å². The van der Waals surface area contributed by atoms with Gasteiger partial charge in [-0.05, 0) is 31.0 Å². The Balaban J connectivity index is 1.86. The summed E-state index contributed by atoms with van der Waals surface area (Å²) in [6.45, 7) is 4.01. The lowest BCUT2D eigenvalue weighted by Gasteiger charge is -2.28. The summed E-state index contributed by atoms with van der Waals surface area (Å²) < 4.78 is 0. The molecule has 1 unspecified atom stereocenters. The smallest absolute Gasteiger partial charge is 0.284 e. The van der Waals surface area contributed by atoms with Gasteiger partial charge in [-0.1, -0.05) is 47.5 Å². The Morgan fingerprint density at radius 3 is 2.40 bits per heavy atom. The van der Waals surface area contributed by atoms with Crippen LogP contribution in [0.2, 0.25) is 0 Å². The molecule has 0 aliphatic carbocycles. The Labute approximate surface area is 145 Å². The first-order chi connectivity index (χ1) is 11.9. The molecule has 2 aromatic carbocycles. The average Bonchev–Trinajstić information content (AvgIpc) is 2.60. The van der Waals surface area contributed by atoms with E-state index < -0.39 is 23.6 Å². The summed E-state index contributed by atoms with van der Waals surface area (Å²) in [5.74, 6) is -3.56. The van der Waals surface area contributed by atoms with E-state index in [1.54, 1.807) is 25.1 Å². The maximum atomic E-state index is 12.6. The first kappa shape index (κ1) is 16.9. The maximum Gasteiger partial charge on any atom is 0.284 e. The number of hydrogen-bond acceptors (Lipinski definition) is 4. The SMILES string of the molecule is Cc1ccc(CNC(=O)C2C(=O)N(O)C(=O)c3cc(C)ccc32)cc1. The quantitative estimate of drug-likeness (QED) is 0.510. The van der Waals surface area contributed by atoms with Crippen LogP contribution in [0.4, 0.5) is 0 Å². The van der Waals surface area contributed by atoms with Gasteiger partial charge < -0.3 is 5.32 Å². The second-order valence-electron chi connectivity index (χ2n) is 6.18. The van der Waals surface area contributed by atoms with E-state index in [1.807, 2.05) is 31.2 Å². The molecule has 1 aliphatic rings. The fourth-order valence-electron chi connectivity index (χ4n) is 2.83. The lowest BCUT2D eigenvalue weighted by Crippen LogP contribution is -2.47. The van der Waals surface area contributed by atoms with Crippen LogP contribution in [-0.2, 0) is 16.1 Å². The molecule has 1 atom stereocenters. The maximum absolute atomic E-state index is 12.6. The van der Waals surface area contributed by atoms with Gasteiger partial charge in [0.25, 0.3) is 11.8 Å². The fourth-order valence-corrected chi connectivity index (χ4v) is 2.83. The molecule has 128 valence electrons. The number of rotatable bonds is 3. The summed E-state index contributed by atoms with van der Waals surface area (Å²) in [5, 5.41) is 12.5. The molecule has 1 heterocycles. The Bertz CT molecular complexity index is 858. The van der Waals surface area contributed by atoms with Crippen molar-refractivity contribution in [3.8, 4) is 0 Å². The van der Waals surface area contributed by atoms with Crippen LogP contribution in [-0.4, -0.2) is 28.0 Å². The number of hydrogen-bond donors (Lipinski definition) is 2. The fraction of sp³-hybridized carbons (Fsp3) is 0.211. The molecular formula is C19H18N2O4. The molecule has 0 aromatic heterocycles. The molecule has 0 radical (unpaired) electrons. The van der Waals surface area contributed by atoms with Crippen molar-refractivity contribution >= 4 is 17.7 Å². The predicted octanol–water partition coefficient (Wildman–Crippen LogP) is 2.08. The van der Waals surface area contributed by atoms with Crippen LogP contribution < -0.4 is 5.32 Å². The standard InChI is InChI=1S/C19H18N2O4/c1-11-3-6-13(7-4-11)10-20-17(22)16-14-8-5-12(2)9-15(14)18(23)21(25)19(16)24/h3-9,16,25H,10H2,1-2H3,(H,20,22). The lowest BCUT2D eigenvalue weighted by atomic mass is 9.87. The Hall–Kier alpha value is -2.99. The molecule has 0 spiro atoms. The van der Waals surface area contributed by atoms with Crippen LogP contribution in [0.15, 0.2) is 42.5 Å². The zero-order valence-electron chi connectivity index (χ0n) is 13.9. The van der Waals surface area contributed by atoms with Crippen molar-refractivity contribution in [1.29, 1.82) is 0 Å². The van der Waals surface area contributed by atoms with Gasteiger partial charge in [0.05, 0.1) is 0 Å². The highest BCUT2D eigenvalue weighted by Gasteiger charge is 2.42. The number of carbonyl (C=O) groups is 3. The molecule has 3 amide bonds. The number of imide groups is 1. The van der Waals surface area contributed by atoms with Crippen molar-refractivity contribution in [1.82, 2.24) is 10.4 Å². The van der Waals surface area contributed by atoms with Gasteiger partial charge in [0.15, 0.2) is 0 Å². The highest BCUT2D eigenvalue weighted by atomic mass is 16.5. The van der Waals surface area contributed by atoms with Crippen LogP contribution in [0.3, 0.4) is 0 Å². The Kier molecular flexibility index (Phi) is 4.37. The van der Waals surface area contributed by atoms with Gasteiger partial charge in [-0.25, -0.2) is 0 Å². The minimum absolute atomic E-state index is 0.0257. The van der Waals surface area contributed by atoms with Crippen molar-refractivity contribution in [2.75, 3.05) is 0 Å². The highest BCUT2D eigenvalue weighted by Crippen LogP contribution is 2.29. The molecule has 3 rings (SSSR count). The molecule has 0 saturated heterocycles. The van der Waals surface area contributed by atoms with Crippen molar-refractivity contribution in [2.24, 2.45) is 0 Å². The second kappa shape index (κ2) is 6.49. The molecule has 0 fully saturated rings. The average molecular weight is 338 g/mol. The van der Waals surface area contributed by atoms with Crippen LogP contribution in [0.25, 0.3) is 0 Å². The number of amides is 3. The number of carbonyl (C=O) groups excluding carboxylic acids is 3. The van der Waals surface area contributed by atoms with Gasteiger partial charge in [0, 0.05) is 12.1 Å². The number of benzene rings is 2. The van der Waals surface area contributed by atoms with Crippen molar-refractivity contribution < 1.29 is 19.6 Å². The molecule has 2 aromatic rings. The molecule has 25 heavy (non-hydrogen) atoms. The van der Waals surface area contributed by atoms with E-state index in [-0.39, 0.29) is 17.2 Å². The second-order valence-corrected chi connectivity index (χ2v) is 6.18. The largest absolute Gasteiger partial charge is 0.351 e. The number of nitrogens with zero attached hydrogens (tertiary/aromatic N) is 1. The third kappa shape index (κ3) is 3.16. The van der Waals surface area contributed by atoms with Crippen LogP contribution in [0.1, 0.15) is 38.5 Å². The normalized spacial score (nSPS) is 16.6. The van der Waals surface area contributed by atoms with E-state index in [4.69, 9.17) is 0 Å². The third-order valence-electron chi connectivity index (χ3n) is 4.25. The van der Waals surface area contributed by atoms with E-state index >= 15 is 0 Å². The van der Waals surface area contributed by atoms with E-state index in [0.717, 1.165) is 16.7 Å². The van der Waals surface area contributed by atoms with Crippen molar-refractivity contribution in [3.05, 3.63) is 70.3 Å². The van der Waals surface area contributed by atoms with Crippen LogP contribution in [0.5, 0.6) is 0 Å². The van der Waals surface area contributed by atoms with Gasteiger partial charge in [-0.3, -0.25) is 19.6 Å². The van der Waals surface area contributed by atoms with Gasteiger partial charge in [0.2, 0.25) is 5.91 Å². The summed E-state index contributed by atoms with van der Waals surface area (Å²) in [6, 6.07) is 12.5. The summed E-state index contributed by atoms with van der Waals surface area (Å²) >= 11 is 0. The van der Waals surface area contributed by atoms with E-state index in [2.05, 4.69) is 5.32 Å². The molecule has 0 saturated carbocycles. The predicted molar refractivity (Wildman–Crippen MR) is 89.9 cm³/mol. The number of fused-ring (bicyclic) bond motifs is 1. The molecule has 1 aliphatic heterocycles. The monoisotopic (exact) mass is 338 g/mol. The van der Waals surface area contributed by atoms with Gasteiger partial charge in [-0.2, -0.15) is 5.06 Å². The summed E-state index contributed by atoms with van der Waals surface area (Å²) in [7, 11) is 0. The lowest BCUT2D eigenvalue weighted by molar-refractivity contribution is -0.158. The van der Waals surface area contributed by atoms with E-state index in [0.29, 0.717) is 5.56 Å². The third-order valence-corrected chi connectivity index (χ3v) is 4.25. The first-order valence-corrected chi connectivity index (χ1v) is 7.89. The molecule has 6 heteroatoms. The van der Waals surface area contributed by atoms with E-state index in [1.165, 1.54) is 0 Å². The van der Waals surface area contributed by atoms with Gasteiger partial charge >= 0.3 is 0 Å².